The van der Waals surface area contributed by atoms with E-state index in [9.17, 15) is 9.59 Å². The van der Waals surface area contributed by atoms with Crippen LogP contribution in [-0.4, -0.2) is 29.0 Å². The van der Waals surface area contributed by atoms with Crippen LogP contribution in [0.2, 0.25) is 0 Å². The number of allylic oxidation sites excluding steroid dienone is 1. The van der Waals surface area contributed by atoms with Crippen LogP contribution in [0.4, 0.5) is 0 Å². The van der Waals surface area contributed by atoms with E-state index in [1.165, 1.54) is 5.94 Å². The number of nitrogens with one attached hydrogen (secondary N) is 1. The maximum Gasteiger partial charge on any atom is 0.338 e. The average molecular weight is 243 g/mol. The van der Waals surface area contributed by atoms with Crippen molar-refractivity contribution < 1.29 is 20.2 Å². The summed E-state index contributed by atoms with van der Waals surface area (Å²) >= 11 is 0. The summed E-state index contributed by atoms with van der Waals surface area (Å²) in [5.41, 5.74) is 0.598. The normalized spacial score (nSPS) is 10.7. The van der Waals surface area contributed by atoms with E-state index in [1.54, 1.807) is 0 Å². The Kier molecular flexibility index (Phi) is 11.4. The summed E-state index contributed by atoms with van der Waals surface area (Å²) in [7, 11) is 0. The lowest BCUT2D eigenvalue weighted by Crippen LogP contribution is -2.18. The number of rotatable bonds is 8. The highest BCUT2D eigenvalue weighted by Crippen LogP contribution is 2.07. The predicted octanol–water partition coefficient (Wildman–Crippen LogP) is 1.08. The molecule has 5 heteroatoms. The first kappa shape index (κ1) is 17.8. The third-order valence-corrected chi connectivity index (χ3v) is 2.23. The van der Waals surface area contributed by atoms with Gasteiger partial charge >= 0.3 is 5.97 Å². The fourth-order valence-corrected chi connectivity index (χ4v) is 1.36. The number of unbranched alkanes of at least 4 members (excludes halogenated alkanes) is 2. The van der Waals surface area contributed by atoms with Crippen molar-refractivity contribution in [2.45, 2.75) is 39.5 Å². The van der Waals surface area contributed by atoms with E-state index < -0.39 is 5.97 Å². The molecule has 0 aromatic heterocycles. The molecule has 0 amide bonds. The van der Waals surface area contributed by atoms with Crippen molar-refractivity contribution >= 4 is 11.9 Å². The van der Waals surface area contributed by atoms with E-state index in [-0.39, 0.29) is 11.0 Å². The molecule has 0 aliphatic heterocycles. The van der Waals surface area contributed by atoms with Crippen LogP contribution < -0.4 is 5.32 Å². The summed E-state index contributed by atoms with van der Waals surface area (Å²) in [6.45, 7) is 4.69. The molecule has 0 saturated heterocycles. The van der Waals surface area contributed by atoms with E-state index in [0.717, 1.165) is 31.9 Å². The van der Waals surface area contributed by atoms with Crippen LogP contribution in [0.25, 0.3) is 0 Å². The molecular formula is C12H21NO4. The molecule has 0 aromatic carbocycles. The minimum Gasteiger partial charge on any atom is -0.478 e. The lowest BCUT2D eigenvalue weighted by molar-refractivity contribution is -0.132. The van der Waals surface area contributed by atoms with Crippen molar-refractivity contribution in [3.8, 4) is 0 Å². The number of hydrogen-bond donors (Lipinski definition) is 2. The first-order valence-electron chi connectivity index (χ1n) is 5.58. The largest absolute Gasteiger partial charge is 0.478 e. The highest BCUT2D eigenvalue weighted by molar-refractivity contribution is 5.93. The van der Waals surface area contributed by atoms with Crippen molar-refractivity contribution in [3.63, 3.8) is 0 Å². The van der Waals surface area contributed by atoms with Gasteiger partial charge in [0.05, 0.1) is 5.57 Å². The van der Waals surface area contributed by atoms with Crippen LogP contribution in [0.5, 0.6) is 0 Å². The number of carbonyl (C=O) groups is 1. The number of hydrogen-bond acceptors (Lipinski definition) is 3. The van der Waals surface area contributed by atoms with Crippen molar-refractivity contribution in [2.75, 3.05) is 6.54 Å². The Balaban J connectivity index is 0. The highest BCUT2D eigenvalue weighted by Gasteiger charge is 2.10. The van der Waals surface area contributed by atoms with Gasteiger partial charge in [-0.05, 0) is 12.8 Å². The molecule has 0 atom stereocenters. The van der Waals surface area contributed by atoms with Crippen LogP contribution in [0, 0.1) is 0 Å². The van der Waals surface area contributed by atoms with Crippen LogP contribution in [-0.2, 0) is 9.59 Å². The Morgan fingerprint density at radius 1 is 1.35 bits per heavy atom. The van der Waals surface area contributed by atoms with Gasteiger partial charge in [-0.15, -0.1) is 0 Å². The van der Waals surface area contributed by atoms with Crippen LogP contribution in [0.3, 0.4) is 0 Å². The lowest BCUT2D eigenvalue weighted by atomic mass is 10.1. The van der Waals surface area contributed by atoms with Crippen LogP contribution in [0.1, 0.15) is 39.5 Å². The number of carboxylic acids is 1. The van der Waals surface area contributed by atoms with Gasteiger partial charge in [-0.25, -0.2) is 9.59 Å². The average Bonchev–Trinajstić information content (AvgIpc) is 2.27. The van der Waals surface area contributed by atoms with Gasteiger partial charge in [0.15, 0.2) is 0 Å². The zero-order chi connectivity index (χ0) is 12.4. The molecule has 5 nitrogen and oxygen atoms in total. The second-order valence-corrected chi connectivity index (χ2v) is 3.45. The Morgan fingerprint density at radius 2 is 2.00 bits per heavy atom. The molecule has 0 heterocycles. The molecule has 4 N–H and O–H groups in total. The van der Waals surface area contributed by atoms with Crippen LogP contribution in [0.15, 0.2) is 17.3 Å². The van der Waals surface area contributed by atoms with Gasteiger partial charge in [0.1, 0.15) is 5.94 Å². The second kappa shape index (κ2) is 10.9. The molecule has 0 saturated carbocycles. The number of aliphatic carboxylic acids is 1. The molecule has 98 valence electrons. The zero-order valence-electron chi connectivity index (χ0n) is 10.4. The fourth-order valence-electron chi connectivity index (χ4n) is 1.36. The first-order chi connectivity index (χ1) is 7.67. The van der Waals surface area contributed by atoms with Gasteiger partial charge in [0, 0.05) is 18.3 Å². The van der Waals surface area contributed by atoms with Gasteiger partial charge in [-0.1, -0.05) is 26.7 Å². The molecule has 0 aromatic rings. The summed E-state index contributed by atoms with van der Waals surface area (Å²) < 4.78 is 0. The fraction of sp³-hybridized carbons (Fsp3) is 0.583. The minimum atomic E-state index is -1.09. The van der Waals surface area contributed by atoms with Gasteiger partial charge in [0.2, 0.25) is 0 Å². The Morgan fingerprint density at radius 3 is 2.41 bits per heavy atom. The third kappa shape index (κ3) is 7.33. The summed E-state index contributed by atoms with van der Waals surface area (Å²) in [4.78, 5) is 21.1. The van der Waals surface area contributed by atoms with Gasteiger partial charge in [0.25, 0.3) is 0 Å². The van der Waals surface area contributed by atoms with Crippen molar-refractivity contribution in [3.05, 3.63) is 17.3 Å². The zero-order valence-corrected chi connectivity index (χ0v) is 10.4. The summed E-state index contributed by atoms with van der Waals surface area (Å²) in [5, 5.41) is 12.0. The molecule has 0 fully saturated rings. The lowest BCUT2D eigenvalue weighted by Gasteiger charge is -2.10. The Labute approximate surface area is 102 Å². The van der Waals surface area contributed by atoms with Crippen molar-refractivity contribution in [1.29, 1.82) is 0 Å². The maximum atomic E-state index is 10.9. The SMILES string of the molecule is CCCCCNC(CC)=C(C=C=O)C(=O)O.O. The monoisotopic (exact) mass is 243 g/mol. The number of carbonyl (C=O) groups excluding carboxylic acids is 1. The molecule has 0 aliphatic rings. The molecule has 0 aliphatic carbocycles. The summed E-state index contributed by atoms with van der Waals surface area (Å²) in [6.07, 6.45) is 4.75. The predicted molar refractivity (Wildman–Crippen MR) is 66.4 cm³/mol. The van der Waals surface area contributed by atoms with E-state index in [2.05, 4.69) is 12.2 Å². The summed E-state index contributed by atoms with van der Waals surface area (Å²) in [6, 6.07) is 0. The summed E-state index contributed by atoms with van der Waals surface area (Å²) in [5.74, 6) is 0.418. The van der Waals surface area contributed by atoms with Crippen molar-refractivity contribution in [2.24, 2.45) is 0 Å². The molecular weight excluding hydrogens is 222 g/mol. The third-order valence-electron chi connectivity index (χ3n) is 2.23. The molecule has 17 heavy (non-hydrogen) atoms. The van der Waals surface area contributed by atoms with E-state index in [4.69, 9.17) is 5.11 Å². The minimum absolute atomic E-state index is 0. The Bertz CT molecular complexity index is 300. The maximum absolute atomic E-state index is 10.9. The smallest absolute Gasteiger partial charge is 0.338 e. The molecule has 0 radical (unpaired) electrons. The highest BCUT2D eigenvalue weighted by atomic mass is 16.4. The quantitative estimate of drug-likeness (QED) is 0.288. The van der Waals surface area contributed by atoms with E-state index in [1.807, 2.05) is 6.92 Å². The van der Waals surface area contributed by atoms with Crippen LogP contribution >= 0.6 is 0 Å². The molecule has 0 rings (SSSR count). The van der Waals surface area contributed by atoms with Gasteiger partial charge in [-0.2, -0.15) is 0 Å². The van der Waals surface area contributed by atoms with E-state index in [0.29, 0.717) is 12.1 Å². The first-order valence-corrected chi connectivity index (χ1v) is 5.58. The van der Waals surface area contributed by atoms with Gasteiger partial charge < -0.3 is 15.9 Å². The molecule has 0 spiro atoms. The van der Waals surface area contributed by atoms with Crippen molar-refractivity contribution in [1.82, 2.24) is 5.32 Å². The Hall–Kier alpha value is -1.58. The standard InChI is InChI=1S/C12H19NO3.H2O/c1-3-5-6-8-13-11(4-2)10(7-9-14)12(15)16;/h7,13H,3-6,8H2,1-2H3,(H,15,16);1H2. The second-order valence-electron chi connectivity index (χ2n) is 3.45. The number of carboxylic acid groups (broad SMARTS) is 1. The molecule has 0 unspecified atom stereocenters. The molecule has 0 bridgehead atoms. The van der Waals surface area contributed by atoms with Gasteiger partial charge in [-0.3, -0.25) is 0 Å². The topological polar surface area (TPSA) is 97.9 Å². The van der Waals surface area contributed by atoms with E-state index >= 15 is 0 Å².